The Morgan fingerprint density at radius 3 is 2.59 bits per heavy atom. The standard InChI is InChI=1S/C18H11N3O/c1-2-6-12(7-3-1)14-10-17-19-18-13-8-4-5-9-15(13)22-16(18)11-21(17)20-14/h1-11H. The molecular formula is C18H11N3O. The van der Waals surface area contributed by atoms with E-state index in [0.29, 0.717) is 0 Å². The first-order valence-electron chi connectivity index (χ1n) is 7.11. The smallest absolute Gasteiger partial charge is 0.172 e. The fourth-order valence-corrected chi connectivity index (χ4v) is 2.79. The zero-order chi connectivity index (χ0) is 14.5. The lowest BCUT2D eigenvalue weighted by atomic mass is 10.2. The molecule has 5 aromatic rings. The first-order valence-corrected chi connectivity index (χ1v) is 7.11. The highest BCUT2D eigenvalue weighted by atomic mass is 16.3. The molecule has 0 unspecified atom stereocenters. The molecule has 0 radical (unpaired) electrons. The van der Waals surface area contributed by atoms with Crippen LogP contribution in [0.2, 0.25) is 0 Å². The van der Waals surface area contributed by atoms with Gasteiger partial charge in [0, 0.05) is 17.0 Å². The van der Waals surface area contributed by atoms with Crippen LogP contribution in [0.4, 0.5) is 0 Å². The molecule has 5 rings (SSSR count). The molecule has 4 heteroatoms. The summed E-state index contributed by atoms with van der Waals surface area (Å²) in [6, 6.07) is 20.0. The molecule has 0 aliphatic heterocycles. The van der Waals surface area contributed by atoms with E-state index in [0.717, 1.165) is 39.0 Å². The first kappa shape index (κ1) is 11.5. The summed E-state index contributed by atoms with van der Waals surface area (Å²) in [6.07, 6.45) is 1.89. The van der Waals surface area contributed by atoms with E-state index in [1.165, 1.54) is 0 Å². The minimum atomic E-state index is 0.747. The molecule has 3 aromatic heterocycles. The summed E-state index contributed by atoms with van der Waals surface area (Å²) in [5.74, 6) is 0. The predicted molar refractivity (Wildman–Crippen MR) is 85.7 cm³/mol. The molecule has 0 aliphatic carbocycles. The maximum absolute atomic E-state index is 5.85. The van der Waals surface area contributed by atoms with Crippen molar-refractivity contribution in [1.82, 2.24) is 14.6 Å². The minimum absolute atomic E-state index is 0.747. The topological polar surface area (TPSA) is 43.3 Å². The SMILES string of the molecule is c1ccc(-c2cc3nc4c(cn3n2)oc2ccccc24)cc1. The molecule has 0 bridgehead atoms. The van der Waals surface area contributed by atoms with Gasteiger partial charge in [-0.15, -0.1) is 0 Å². The summed E-state index contributed by atoms with van der Waals surface area (Å²) in [5.41, 5.74) is 5.28. The van der Waals surface area contributed by atoms with Crippen LogP contribution in [-0.2, 0) is 0 Å². The van der Waals surface area contributed by atoms with Crippen molar-refractivity contribution in [3.8, 4) is 11.3 Å². The second kappa shape index (κ2) is 4.18. The molecule has 4 nitrogen and oxygen atoms in total. The van der Waals surface area contributed by atoms with E-state index in [9.17, 15) is 0 Å². The Kier molecular flexibility index (Phi) is 2.19. The number of para-hydroxylation sites is 1. The number of hydrogen-bond acceptors (Lipinski definition) is 3. The summed E-state index contributed by atoms with van der Waals surface area (Å²) in [5, 5.41) is 5.63. The normalized spacial score (nSPS) is 11.6. The Balaban J connectivity index is 1.81. The average molecular weight is 285 g/mol. The van der Waals surface area contributed by atoms with Gasteiger partial charge in [0.2, 0.25) is 0 Å². The van der Waals surface area contributed by atoms with Gasteiger partial charge < -0.3 is 4.42 Å². The van der Waals surface area contributed by atoms with Gasteiger partial charge in [0.05, 0.1) is 11.9 Å². The predicted octanol–water partition coefficient (Wildman–Crippen LogP) is 4.30. The quantitative estimate of drug-likeness (QED) is 0.461. The van der Waals surface area contributed by atoms with Crippen molar-refractivity contribution in [1.29, 1.82) is 0 Å². The van der Waals surface area contributed by atoms with E-state index in [1.807, 2.05) is 66.9 Å². The largest absolute Gasteiger partial charge is 0.453 e. The van der Waals surface area contributed by atoms with E-state index < -0.39 is 0 Å². The maximum Gasteiger partial charge on any atom is 0.172 e. The van der Waals surface area contributed by atoms with Gasteiger partial charge in [-0.1, -0.05) is 42.5 Å². The number of nitrogens with zero attached hydrogens (tertiary/aromatic N) is 3. The van der Waals surface area contributed by atoms with Crippen molar-refractivity contribution in [3.05, 3.63) is 66.9 Å². The van der Waals surface area contributed by atoms with Crippen molar-refractivity contribution < 1.29 is 4.42 Å². The molecule has 0 aliphatic rings. The summed E-state index contributed by atoms with van der Waals surface area (Å²) < 4.78 is 7.62. The summed E-state index contributed by atoms with van der Waals surface area (Å²) in [4.78, 5) is 4.72. The summed E-state index contributed by atoms with van der Waals surface area (Å²) >= 11 is 0. The Morgan fingerprint density at radius 1 is 0.864 bits per heavy atom. The van der Waals surface area contributed by atoms with Crippen molar-refractivity contribution in [2.24, 2.45) is 0 Å². The number of rotatable bonds is 1. The molecule has 22 heavy (non-hydrogen) atoms. The van der Waals surface area contributed by atoms with E-state index in [1.54, 1.807) is 4.52 Å². The van der Waals surface area contributed by atoms with Gasteiger partial charge in [-0.25, -0.2) is 9.50 Å². The van der Waals surface area contributed by atoms with Crippen LogP contribution in [0.15, 0.2) is 71.3 Å². The molecule has 104 valence electrons. The van der Waals surface area contributed by atoms with Crippen LogP contribution >= 0.6 is 0 Å². The molecule has 0 saturated carbocycles. The van der Waals surface area contributed by atoms with Crippen molar-refractivity contribution >= 4 is 27.7 Å². The summed E-state index contributed by atoms with van der Waals surface area (Å²) in [7, 11) is 0. The van der Waals surface area contributed by atoms with Crippen LogP contribution in [0, 0.1) is 0 Å². The lowest BCUT2D eigenvalue weighted by molar-refractivity contribution is 0.663. The molecule has 0 atom stereocenters. The summed E-state index contributed by atoms with van der Waals surface area (Å²) in [6.45, 7) is 0. The molecule has 0 amide bonds. The zero-order valence-corrected chi connectivity index (χ0v) is 11.6. The molecule has 2 aromatic carbocycles. The van der Waals surface area contributed by atoms with Crippen LogP contribution in [0.5, 0.6) is 0 Å². The highest BCUT2D eigenvalue weighted by Gasteiger charge is 2.11. The Bertz CT molecular complexity index is 1120. The zero-order valence-electron chi connectivity index (χ0n) is 11.6. The van der Waals surface area contributed by atoms with Crippen molar-refractivity contribution in [2.75, 3.05) is 0 Å². The fourth-order valence-electron chi connectivity index (χ4n) is 2.79. The second-order valence-electron chi connectivity index (χ2n) is 5.25. The Labute approximate surface area is 125 Å². The molecule has 0 N–H and O–H groups in total. The highest BCUT2D eigenvalue weighted by molar-refractivity contribution is 6.02. The van der Waals surface area contributed by atoms with E-state index in [-0.39, 0.29) is 0 Å². The van der Waals surface area contributed by atoms with Gasteiger partial charge in [-0.2, -0.15) is 5.10 Å². The van der Waals surface area contributed by atoms with E-state index >= 15 is 0 Å². The maximum atomic E-state index is 5.85. The van der Waals surface area contributed by atoms with Crippen LogP contribution in [0.25, 0.3) is 39.0 Å². The minimum Gasteiger partial charge on any atom is -0.453 e. The third-order valence-electron chi connectivity index (χ3n) is 3.85. The van der Waals surface area contributed by atoms with Crippen LogP contribution in [0.1, 0.15) is 0 Å². The second-order valence-corrected chi connectivity index (χ2v) is 5.25. The van der Waals surface area contributed by atoms with Gasteiger partial charge in [0.25, 0.3) is 0 Å². The van der Waals surface area contributed by atoms with Gasteiger partial charge in [-0.05, 0) is 12.1 Å². The highest BCUT2D eigenvalue weighted by Crippen LogP contribution is 2.28. The third kappa shape index (κ3) is 1.58. The molecular weight excluding hydrogens is 274 g/mol. The van der Waals surface area contributed by atoms with E-state index in [4.69, 9.17) is 9.40 Å². The lowest BCUT2D eigenvalue weighted by Crippen LogP contribution is -1.89. The van der Waals surface area contributed by atoms with Gasteiger partial charge in [-0.3, -0.25) is 0 Å². The van der Waals surface area contributed by atoms with Crippen LogP contribution in [-0.4, -0.2) is 14.6 Å². The average Bonchev–Trinajstić information content (AvgIpc) is 3.14. The number of hydrogen-bond donors (Lipinski definition) is 0. The molecule has 0 spiro atoms. The Hall–Kier alpha value is -3.14. The molecule has 0 saturated heterocycles. The lowest BCUT2D eigenvalue weighted by Gasteiger charge is -1.93. The van der Waals surface area contributed by atoms with Crippen molar-refractivity contribution in [2.45, 2.75) is 0 Å². The van der Waals surface area contributed by atoms with Gasteiger partial charge in [0.1, 0.15) is 11.1 Å². The number of aromatic nitrogens is 3. The van der Waals surface area contributed by atoms with E-state index in [2.05, 4.69) is 5.10 Å². The number of furan rings is 1. The Morgan fingerprint density at radius 2 is 1.68 bits per heavy atom. The van der Waals surface area contributed by atoms with Crippen LogP contribution < -0.4 is 0 Å². The third-order valence-corrected chi connectivity index (χ3v) is 3.85. The van der Waals surface area contributed by atoms with Gasteiger partial charge in [0.15, 0.2) is 11.2 Å². The fraction of sp³-hybridized carbons (Fsp3) is 0. The molecule has 3 heterocycles. The first-order chi connectivity index (χ1) is 10.9. The molecule has 0 fully saturated rings. The van der Waals surface area contributed by atoms with Gasteiger partial charge >= 0.3 is 0 Å². The number of fused-ring (bicyclic) bond motifs is 4. The monoisotopic (exact) mass is 285 g/mol. The number of benzene rings is 2. The van der Waals surface area contributed by atoms with Crippen LogP contribution in [0.3, 0.4) is 0 Å². The van der Waals surface area contributed by atoms with Crippen molar-refractivity contribution in [3.63, 3.8) is 0 Å².